The first kappa shape index (κ1) is 32.4. The Morgan fingerprint density at radius 2 is 1.98 bits per heavy atom. The van der Waals surface area contributed by atoms with Crippen molar-refractivity contribution in [2.24, 2.45) is 0 Å². The van der Waals surface area contributed by atoms with E-state index in [4.69, 9.17) is 22.9 Å². The van der Waals surface area contributed by atoms with Gasteiger partial charge in [-0.1, -0.05) is 42.4 Å². The minimum absolute atomic E-state index is 0.0535. The van der Waals surface area contributed by atoms with E-state index in [1.807, 2.05) is 4.90 Å². The van der Waals surface area contributed by atoms with E-state index >= 15 is 4.39 Å². The van der Waals surface area contributed by atoms with Gasteiger partial charge in [0.25, 0.3) is 5.91 Å². The molecule has 0 radical (unpaired) electrons. The summed E-state index contributed by atoms with van der Waals surface area (Å²) in [4.78, 5) is 34.4. The number of likely N-dealkylation sites (tertiary alicyclic amines) is 1. The van der Waals surface area contributed by atoms with E-state index in [1.54, 1.807) is 29.2 Å². The van der Waals surface area contributed by atoms with Gasteiger partial charge < -0.3 is 19.4 Å². The molecule has 0 unspecified atom stereocenters. The lowest BCUT2D eigenvalue weighted by Gasteiger charge is -2.39. The van der Waals surface area contributed by atoms with Crippen LogP contribution in [0.3, 0.4) is 0 Å². The predicted molar refractivity (Wildman–Crippen MR) is 171 cm³/mol. The second-order valence-electron chi connectivity index (χ2n) is 11.5. The largest absolute Gasteiger partial charge is 0.462 e. The Kier molecular flexibility index (Phi) is 9.42. The van der Waals surface area contributed by atoms with Crippen LogP contribution in [0.5, 0.6) is 6.01 Å². The molecule has 0 bridgehead atoms. The van der Waals surface area contributed by atoms with Crippen LogP contribution in [0.4, 0.5) is 23.4 Å². The molecule has 2 aliphatic rings. The lowest BCUT2D eigenvalue weighted by atomic mass is 10.0. The highest BCUT2D eigenvalue weighted by atomic mass is 35.5. The average Bonchev–Trinajstić information content (AvgIpc) is 3.52. The van der Waals surface area contributed by atoms with Crippen LogP contribution in [0.15, 0.2) is 48.9 Å². The van der Waals surface area contributed by atoms with Crippen LogP contribution in [0, 0.1) is 18.2 Å². The van der Waals surface area contributed by atoms with Gasteiger partial charge in [-0.3, -0.25) is 14.7 Å². The van der Waals surface area contributed by atoms with Crippen LogP contribution in [0.2, 0.25) is 5.02 Å². The molecule has 4 heterocycles. The zero-order valence-electron chi connectivity index (χ0n) is 25.2. The zero-order chi connectivity index (χ0) is 33.2. The Hall–Kier alpha value is -4.54. The van der Waals surface area contributed by atoms with Crippen LogP contribution < -0.4 is 9.64 Å². The molecule has 9 nitrogen and oxygen atoms in total. The fourth-order valence-electron chi connectivity index (χ4n) is 6.41. The molecule has 1 amide bonds. The predicted octanol–water partition coefficient (Wildman–Crippen LogP) is 6.01. The molecule has 2 aromatic heterocycles. The summed E-state index contributed by atoms with van der Waals surface area (Å²) in [6, 6.07) is 6.88. The highest BCUT2D eigenvalue weighted by Gasteiger charge is 2.35. The van der Waals surface area contributed by atoms with Crippen molar-refractivity contribution in [1.29, 1.82) is 0 Å². The normalized spacial score (nSPS) is 18.6. The average molecular weight is 668 g/mol. The molecule has 0 saturated carbocycles. The molecule has 244 valence electrons. The lowest BCUT2D eigenvalue weighted by Crippen LogP contribution is -2.56. The maximum Gasteiger partial charge on any atom is 0.319 e. The number of aromatic nitrogens is 3. The summed E-state index contributed by atoms with van der Waals surface area (Å²) in [6.45, 7) is 11.4. The first-order chi connectivity index (χ1) is 22.7. The van der Waals surface area contributed by atoms with E-state index < -0.39 is 36.1 Å². The monoisotopic (exact) mass is 667 g/mol. The fourth-order valence-corrected chi connectivity index (χ4v) is 6.69. The van der Waals surface area contributed by atoms with Gasteiger partial charge in [-0.2, -0.15) is 9.97 Å². The third kappa shape index (κ3) is 6.27. The van der Waals surface area contributed by atoms with Gasteiger partial charge in [0.1, 0.15) is 42.2 Å². The number of halogens is 5. The molecule has 14 heteroatoms. The third-order valence-corrected chi connectivity index (χ3v) is 9.06. The summed E-state index contributed by atoms with van der Waals surface area (Å²) < 4.78 is 64.1. The first-order valence-corrected chi connectivity index (χ1v) is 15.5. The number of carbonyl (C=O) groups is 1. The maximum atomic E-state index is 16.6. The van der Waals surface area contributed by atoms with Gasteiger partial charge in [0.15, 0.2) is 11.6 Å². The highest BCUT2D eigenvalue weighted by molar-refractivity contribution is 6.36. The summed E-state index contributed by atoms with van der Waals surface area (Å²) in [7, 11) is 0. The van der Waals surface area contributed by atoms with Crippen LogP contribution in [-0.2, 0) is 4.79 Å². The number of ether oxygens (including phenoxy) is 1. The SMILES string of the molecule is [C-]#[N+]C[C@H]1CN(c2nc(OC[C@@H]3CCCN3CCF)nc3c(F)c(-c4cccc5ccc(F)c(Cl)c45)ncc23)CCN1C(=O)C(=C)F. The number of hydrogen-bond donors (Lipinski definition) is 0. The van der Waals surface area contributed by atoms with E-state index in [0.29, 0.717) is 5.39 Å². The van der Waals surface area contributed by atoms with Crippen molar-refractivity contribution in [3.63, 3.8) is 0 Å². The molecule has 2 aromatic carbocycles. The van der Waals surface area contributed by atoms with Crippen molar-refractivity contribution in [1.82, 2.24) is 24.8 Å². The molecule has 4 aromatic rings. The van der Waals surface area contributed by atoms with Gasteiger partial charge in [-0.15, -0.1) is 0 Å². The molecular formula is C33H30ClF4N7O2. The van der Waals surface area contributed by atoms with Gasteiger partial charge in [0.2, 0.25) is 6.54 Å². The third-order valence-electron chi connectivity index (χ3n) is 8.69. The van der Waals surface area contributed by atoms with E-state index in [2.05, 4.69) is 26.4 Å². The molecule has 2 aliphatic heterocycles. The van der Waals surface area contributed by atoms with Gasteiger partial charge in [-0.25, -0.2) is 24.1 Å². The van der Waals surface area contributed by atoms with Crippen LogP contribution in [0.1, 0.15) is 12.8 Å². The number of amides is 1. The van der Waals surface area contributed by atoms with Gasteiger partial charge in [-0.05, 0) is 30.8 Å². The Balaban J connectivity index is 1.45. The Labute approximate surface area is 273 Å². The minimum atomic E-state index is -1.13. The van der Waals surface area contributed by atoms with Gasteiger partial charge >= 0.3 is 6.01 Å². The number of anilines is 1. The second kappa shape index (κ2) is 13.7. The molecule has 2 fully saturated rings. The quantitative estimate of drug-likeness (QED) is 0.123. The Morgan fingerprint density at radius 1 is 1.15 bits per heavy atom. The molecule has 0 spiro atoms. The number of benzene rings is 2. The van der Waals surface area contributed by atoms with Crippen LogP contribution in [-0.4, -0.2) is 95.3 Å². The van der Waals surface area contributed by atoms with Crippen molar-refractivity contribution in [3.8, 4) is 17.3 Å². The van der Waals surface area contributed by atoms with E-state index in [1.165, 1.54) is 17.2 Å². The summed E-state index contributed by atoms with van der Waals surface area (Å²) in [6.07, 6.45) is 3.07. The van der Waals surface area contributed by atoms with E-state index in [9.17, 15) is 18.0 Å². The first-order valence-electron chi connectivity index (χ1n) is 15.1. The van der Waals surface area contributed by atoms with Crippen molar-refractivity contribution < 1.29 is 27.1 Å². The maximum absolute atomic E-state index is 16.6. The number of nitrogens with zero attached hydrogens (tertiary/aromatic N) is 7. The standard InChI is InChI=1S/C33H30ClF4N7O2/c1-19(36)32(46)45-14-13-44(17-22(45)15-39-2)31-24-16-40-29(23-7-3-5-20-8-9-25(37)27(34)26(20)23)28(38)30(24)41-33(42-31)47-18-21-6-4-11-43(21)12-10-35/h3,5,7-9,16,21-22H,1,4,6,10-15,17-18H2/t21-,22-/m0/s1. The van der Waals surface area contributed by atoms with Crippen LogP contribution in [0.25, 0.3) is 37.8 Å². The van der Waals surface area contributed by atoms with Crippen molar-refractivity contribution in [2.45, 2.75) is 24.9 Å². The number of pyridine rings is 1. The lowest BCUT2D eigenvalue weighted by molar-refractivity contribution is -0.131. The number of alkyl halides is 1. The number of fused-ring (bicyclic) bond motifs is 2. The molecule has 0 aliphatic carbocycles. The van der Waals surface area contributed by atoms with E-state index in [0.717, 1.165) is 19.4 Å². The molecular weight excluding hydrogens is 638 g/mol. The van der Waals surface area contributed by atoms with Gasteiger partial charge in [0.05, 0.1) is 10.4 Å². The van der Waals surface area contributed by atoms with Crippen molar-refractivity contribution in [3.05, 3.63) is 77.0 Å². The van der Waals surface area contributed by atoms with Gasteiger partial charge in [0, 0.05) is 49.4 Å². The highest BCUT2D eigenvalue weighted by Crippen LogP contribution is 2.38. The van der Waals surface area contributed by atoms with E-state index in [-0.39, 0.29) is 89.8 Å². The second-order valence-corrected chi connectivity index (χ2v) is 11.8. The summed E-state index contributed by atoms with van der Waals surface area (Å²) in [5.74, 6) is -3.25. The molecule has 47 heavy (non-hydrogen) atoms. The summed E-state index contributed by atoms with van der Waals surface area (Å²) in [5.41, 5.74) is 0.0281. The number of hydrogen-bond acceptors (Lipinski definition) is 7. The number of piperazine rings is 1. The fraction of sp³-hybridized carbons (Fsp3) is 0.364. The number of rotatable bonds is 9. The molecule has 0 N–H and O–H groups in total. The van der Waals surface area contributed by atoms with Crippen LogP contribution >= 0.6 is 11.6 Å². The number of carbonyl (C=O) groups excluding carboxylic acids is 1. The summed E-state index contributed by atoms with van der Waals surface area (Å²) >= 11 is 6.35. The zero-order valence-corrected chi connectivity index (χ0v) is 26.0. The summed E-state index contributed by atoms with van der Waals surface area (Å²) in [5, 5.41) is 0.936. The Morgan fingerprint density at radius 3 is 2.74 bits per heavy atom. The molecule has 2 saturated heterocycles. The van der Waals surface area contributed by atoms with Crippen molar-refractivity contribution >= 4 is 45.0 Å². The molecule has 2 atom stereocenters. The topological polar surface area (TPSA) is 79.1 Å². The smallest absolute Gasteiger partial charge is 0.319 e. The Bertz CT molecular complexity index is 1910. The van der Waals surface area contributed by atoms with Crippen molar-refractivity contribution in [2.75, 3.05) is 57.4 Å². The molecule has 6 rings (SSSR count). The minimum Gasteiger partial charge on any atom is -0.462 e.